The van der Waals surface area contributed by atoms with E-state index >= 15 is 0 Å². The number of carbonyl (C=O) groups is 1. The summed E-state index contributed by atoms with van der Waals surface area (Å²) in [4.78, 5) is 27.6. The molecular formula is C29H32N6O3. The third-order valence-electron chi connectivity index (χ3n) is 7.38. The topological polar surface area (TPSA) is 85.6 Å². The maximum absolute atomic E-state index is 13.2. The highest BCUT2D eigenvalue weighted by Crippen LogP contribution is 2.40. The molecule has 1 aliphatic heterocycles. The van der Waals surface area contributed by atoms with E-state index in [0.29, 0.717) is 31.1 Å². The van der Waals surface area contributed by atoms with Gasteiger partial charge in [-0.2, -0.15) is 5.10 Å². The van der Waals surface area contributed by atoms with Crippen molar-refractivity contribution in [2.24, 2.45) is 0 Å². The molecule has 2 aromatic heterocycles. The van der Waals surface area contributed by atoms with Crippen molar-refractivity contribution in [1.29, 1.82) is 0 Å². The van der Waals surface area contributed by atoms with Crippen LogP contribution in [0.1, 0.15) is 47.1 Å². The number of fused-ring (bicyclic) bond motifs is 1. The van der Waals surface area contributed by atoms with Gasteiger partial charge in [0.2, 0.25) is 0 Å². The molecule has 1 saturated carbocycles. The number of nitrogens with zero attached hydrogens (tertiary/aromatic N) is 6. The van der Waals surface area contributed by atoms with E-state index in [1.165, 1.54) is 0 Å². The van der Waals surface area contributed by atoms with Crippen molar-refractivity contribution >= 4 is 22.8 Å². The number of amides is 1. The number of benzene rings is 2. The van der Waals surface area contributed by atoms with Crippen LogP contribution in [0.25, 0.3) is 16.7 Å². The van der Waals surface area contributed by atoms with Gasteiger partial charge in [-0.15, -0.1) is 0 Å². The lowest BCUT2D eigenvalue weighted by molar-refractivity contribution is 0.0767. The lowest BCUT2D eigenvalue weighted by Gasteiger charge is -2.24. The molecular weight excluding hydrogens is 480 g/mol. The Hall–Kier alpha value is -4.14. The SMILES string of the molecule is COc1ccc(C(=O)N2CCCN(c3nc(C4CC4)nc4c3c(C)nn4-c3ccc(OC)cc3)CC2)cc1. The summed E-state index contributed by atoms with van der Waals surface area (Å²) in [5.74, 6) is 3.80. The summed E-state index contributed by atoms with van der Waals surface area (Å²) in [6, 6.07) is 15.2. The molecule has 1 amide bonds. The highest BCUT2D eigenvalue weighted by atomic mass is 16.5. The Morgan fingerprint density at radius 2 is 1.55 bits per heavy atom. The number of hydrogen-bond acceptors (Lipinski definition) is 7. The van der Waals surface area contributed by atoms with Crippen LogP contribution in [0, 0.1) is 6.92 Å². The zero-order valence-corrected chi connectivity index (χ0v) is 22.1. The molecule has 2 aliphatic rings. The van der Waals surface area contributed by atoms with Crippen molar-refractivity contribution in [3.8, 4) is 17.2 Å². The average molecular weight is 513 g/mol. The number of anilines is 1. The quantitative estimate of drug-likeness (QED) is 0.379. The molecule has 0 atom stereocenters. The van der Waals surface area contributed by atoms with Crippen molar-refractivity contribution in [2.75, 3.05) is 45.3 Å². The summed E-state index contributed by atoms with van der Waals surface area (Å²) in [5, 5.41) is 5.86. The van der Waals surface area contributed by atoms with Crippen LogP contribution in [0.3, 0.4) is 0 Å². The van der Waals surface area contributed by atoms with Crippen LogP contribution in [0.5, 0.6) is 11.5 Å². The van der Waals surface area contributed by atoms with Crippen molar-refractivity contribution in [3.63, 3.8) is 0 Å². The number of rotatable bonds is 6. The van der Waals surface area contributed by atoms with E-state index in [9.17, 15) is 4.79 Å². The lowest BCUT2D eigenvalue weighted by atomic mass is 10.2. The summed E-state index contributed by atoms with van der Waals surface area (Å²) in [6.07, 6.45) is 3.09. The van der Waals surface area contributed by atoms with Gasteiger partial charge in [-0.05, 0) is 74.7 Å². The van der Waals surface area contributed by atoms with E-state index in [1.807, 2.05) is 65.0 Å². The van der Waals surface area contributed by atoms with Gasteiger partial charge in [0.15, 0.2) is 5.65 Å². The maximum Gasteiger partial charge on any atom is 0.253 e. The second-order valence-electron chi connectivity index (χ2n) is 9.93. The zero-order valence-electron chi connectivity index (χ0n) is 22.1. The molecule has 2 fully saturated rings. The first-order valence-electron chi connectivity index (χ1n) is 13.2. The van der Waals surface area contributed by atoms with Gasteiger partial charge in [0, 0.05) is 37.7 Å². The van der Waals surface area contributed by atoms with Gasteiger partial charge in [0.1, 0.15) is 23.1 Å². The maximum atomic E-state index is 13.2. The highest BCUT2D eigenvalue weighted by molar-refractivity contribution is 5.94. The predicted molar refractivity (Wildman–Crippen MR) is 146 cm³/mol. The number of hydrogen-bond donors (Lipinski definition) is 0. The van der Waals surface area contributed by atoms with E-state index < -0.39 is 0 Å². The Kier molecular flexibility index (Phi) is 6.35. The van der Waals surface area contributed by atoms with Crippen LogP contribution < -0.4 is 14.4 Å². The van der Waals surface area contributed by atoms with Crippen LogP contribution in [0.15, 0.2) is 48.5 Å². The molecule has 0 unspecified atom stereocenters. The molecule has 0 spiro atoms. The molecule has 196 valence electrons. The number of methoxy groups -OCH3 is 2. The van der Waals surface area contributed by atoms with Crippen LogP contribution >= 0.6 is 0 Å². The van der Waals surface area contributed by atoms with Crippen molar-refractivity contribution in [1.82, 2.24) is 24.6 Å². The Morgan fingerprint density at radius 1 is 0.868 bits per heavy atom. The largest absolute Gasteiger partial charge is 0.497 e. The number of aromatic nitrogens is 4. The minimum absolute atomic E-state index is 0.0458. The van der Waals surface area contributed by atoms with Crippen molar-refractivity contribution in [3.05, 3.63) is 65.6 Å². The fourth-order valence-electron chi connectivity index (χ4n) is 5.08. The Morgan fingerprint density at radius 3 is 2.21 bits per heavy atom. The molecule has 1 saturated heterocycles. The molecule has 2 aromatic carbocycles. The molecule has 38 heavy (non-hydrogen) atoms. The summed E-state index contributed by atoms with van der Waals surface area (Å²) < 4.78 is 12.5. The first-order chi connectivity index (χ1) is 18.6. The third kappa shape index (κ3) is 4.53. The fourth-order valence-corrected chi connectivity index (χ4v) is 5.08. The van der Waals surface area contributed by atoms with Gasteiger partial charge in [-0.1, -0.05) is 0 Å². The first kappa shape index (κ1) is 24.2. The summed E-state index contributed by atoms with van der Waals surface area (Å²) >= 11 is 0. The van der Waals surface area contributed by atoms with Crippen LogP contribution in [-0.4, -0.2) is 71.0 Å². The predicted octanol–water partition coefficient (Wildman–Crippen LogP) is 4.37. The van der Waals surface area contributed by atoms with E-state index in [0.717, 1.165) is 71.4 Å². The molecule has 3 heterocycles. The molecule has 9 heteroatoms. The number of ether oxygens (including phenoxy) is 2. The average Bonchev–Trinajstić information content (AvgIpc) is 3.79. The Labute approximate surface area is 222 Å². The van der Waals surface area contributed by atoms with Crippen LogP contribution in [0.2, 0.25) is 0 Å². The third-order valence-corrected chi connectivity index (χ3v) is 7.38. The number of aryl methyl sites for hydroxylation is 1. The second kappa shape index (κ2) is 9.96. The molecule has 9 nitrogen and oxygen atoms in total. The second-order valence-corrected chi connectivity index (χ2v) is 9.93. The molecule has 0 bridgehead atoms. The van der Waals surface area contributed by atoms with E-state index in [2.05, 4.69) is 4.90 Å². The standard InChI is InChI=1S/C29H32N6O3/c1-19-25-27(33-15-4-16-34(18-17-33)29(36)21-7-11-23(37-2)12-8-21)30-26(20-5-6-20)31-28(25)35(32-19)22-9-13-24(38-3)14-10-22/h7-14,20H,4-6,15-18H2,1-3H3. The summed E-state index contributed by atoms with van der Waals surface area (Å²) in [5.41, 5.74) is 3.33. The zero-order chi connectivity index (χ0) is 26.2. The highest BCUT2D eigenvalue weighted by Gasteiger charge is 2.31. The molecule has 4 aromatic rings. The monoisotopic (exact) mass is 512 g/mol. The van der Waals surface area contributed by atoms with Crippen LogP contribution in [-0.2, 0) is 0 Å². The smallest absolute Gasteiger partial charge is 0.253 e. The summed E-state index contributed by atoms with van der Waals surface area (Å²) in [6.45, 7) is 4.86. The fraction of sp³-hybridized carbons (Fsp3) is 0.379. The minimum Gasteiger partial charge on any atom is -0.497 e. The van der Waals surface area contributed by atoms with Gasteiger partial charge in [0.25, 0.3) is 5.91 Å². The minimum atomic E-state index is 0.0458. The van der Waals surface area contributed by atoms with Gasteiger partial charge >= 0.3 is 0 Å². The normalized spacial score (nSPS) is 16.0. The summed E-state index contributed by atoms with van der Waals surface area (Å²) in [7, 11) is 3.29. The van der Waals surface area contributed by atoms with Crippen LogP contribution in [0.4, 0.5) is 5.82 Å². The molecule has 1 aliphatic carbocycles. The van der Waals surface area contributed by atoms with E-state index in [4.69, 9.17) is 24.5 Å². The van der Waals surface area contributed by atoms with Gasteiger partial charge in [0.05, 0.1) is 31.0 Å². The Balaban J connectivity index is 1.32. The van der Waals surface area contributed by atoms with E-state index in [-0.39, 0.29) is 5.91 Å². The first-order valence-corrected chi connectivity index (χ1v) is 13.2. The number of carbonyl (C=O) groups excluding carboxylic acids is 1. The lowest BCUT2D eigenvalue weighted by Crippen LogP contribution is -2.35. The van der Waals surface area contributed by atoms with Crippen molar-refractivity contribution < 1.29 is 14.3 Å². The molecule has 0 radical (unpaired) electrons. The van der Waals surface area contributed by atoms with Crippen molar-refractivity contribution in [2.45, 2.75) is 32.1 Å². The van der Waals surface area contributed by atoms with Gasteiger partial charge in [-0.25, -0.2) is 14.6 Å². The van der Waals surface area contributed by atoms with Gasteiger partial charge in [-0.3, -0.25) is 4.79 Å². The van der Waals surface area contributed by atoms with E-state index in [1.54, 1.807) is 14.2 Å². The molecule has 0 N–H and O–H groups in total. The Bertz CT molecular complexity index is 1460. The molecule has 6 rings (SSSR count). The van der Waals surface area contributed by atoms with Gasteiger partial charge < -0.3 is 19.3 Å².